The highest BCUT2D eigenvalue weighted by Gasteiger charge is 2.43. The Morgan fingerprint density at radius 3 is 1.25 bits per heavy atom. The van der Waals surface area contributed by atoms with Gasteiger partial charge in [-0.2, -0.15) is 0 Å². The van der Waals surface area contributed by atoms with Crippen LogP contribution in [0.4, 0.5) is 0 Å². The first-order chi connectivity index (χ1) is 3.41. The van der Waals surface area contributed by atoms with Gasteiger partial charge in [0.15, 0.2) is 0 Å². The Bertz CT molecular complexity index is 85.1. The molecule has 1 rings (SSSR count). The number of hydrogen-bond donors (Lipinski definition) is 0. The van der Waals surface area contributed by atoms with Crippen LogP contribution in [-0.2, 0) is 4.74 Å². The van der Waals surface area contributed by atoms with Gasteiger partial charge in [-0.15, -0.1) is 0 Å². The predicted octanol–water partition coefficient (Wildman–Crippen LogP) is 0.658. The minimum atomic E-state index is 0.0386. The topological polar surface area (TPSA) is 9.23 Å². The minimum absolute atomic E-state index is 0.0386. The molecule has 0 aromatic carbocycles. The summed E-state index contributed by atoms with van der Waals surface area (Å²) in [5.41, 5.74) is 0. The van der Waals surface area contributed by atoms with E-state index in [1.165, 1.54) is 0 Å². The van der Waals surface area contributed by atoms with Gasteiger partial charge in [-0.3, -0.25) is 0 Å². The fraction of sp³-hybridized carbons (Fsp3) is 1.00. The van der Waals surface area contributed by atoms with Gasteiger partial charge in [-0.25, -0.2) is 0 Å². The van der Waals surface area contributed by atoms with Crippen molar-refractivity contribution in [2.45, 2.75) is 38.1 Å². The monoisotopic (exact) mass is 130 g/mol. The molecule has 0 amide bonds. The van der Waals surface area contributed by atoms with Crippen LogP contribution in [0.2, 0.25) is 0 Å². The molecule has 2 heteroatoms. The fourth-order valence-corrected chi connectivity index (χ4v) is 4.48. The maximum Gasteiger partial charge on any atom is 0.0962 e. The van der Waals surface area contributed by atoms with Crippen LogP contribution in [0.3, 0.4) is 0 Å². The van der Waals surface area contributed by atoms with Crippen molar-refractivity contribution in [3.05, 3.63) is 0 Å². The molecule has 1 aliphatic rings. The molecule has 1 aliphatic heterocycles. The van der Waals surface area contributed by atoms with E-state index < -0.39 is 0 Å². The number of ether oxygens (including phenoxy) is 1. The smallest absolute Gasteiger partial charge is 0.0962 e. The van der Waals surface area contributed by atoms with Crippen LogP contribution >= 0.6 is 0 Å². The molecule has 1 fully saturated rings. The van der Waals surface area contributed by atoms with Gasteiger partial charge in [0.1, 0.15) is 0 Å². The lowest BCUT2D eigenvalue weighted by molar-refractivity contribution is -0.0866. The van der Waals surface area contributed by atoms with E-state index in [4.69, 9.17) is 4.74 Å². The summed E-state index contributed by atoms with van der Waals surface area (Å²) in [5.74, 6) is 0. The highest BCUT2D eigenvalue weighted by molar-refractivity contribution is 6.46. The highest BCUT2D eigenvalue weighted by Crippen LogP contribution is 2.31. The standard InChI is InChI=1S/C6H14OSi/c1-5(2)7-6(3,4)8-5/h8H2,1-4H3. The molecule has 0 radical (unpaired) electrons. The summed E-state index contributed by atoms with van der Waals surface area (Å²) in [6.45, 7) is 8.74. The zero-order valence-electron chi connectivity index (χ0n) is 6.12. The highest BCUT2D eigenvalue weighted by atomic mass is 28.2. The fourth-order valence-electron chi connectivity index (χ4n) is 1.76. The zero-order chi connectivity index (χ0) is 6.41. The normalized spacial score (nSPS) is 31.5. The summed E-state index contributed by atoms with van der Waals surface area (Å²) >= 11 is 0. The Morgan fingerprint density at radius 1 is 1.00 bits per heavy atom. The third kappa shape index (κ3) is 1.12. The van der Waals surface area contributed by atoms with Gasteiger partial charge in [0.05, 0.1) is 20.0 Å². The van der Waals surface area contributed by atoms with Gasteiger partial charge in [0.2, 0.25) is 0 Å². The van der Waals surface area contributed by atoms with Gasteiger partial charge in [0, 0.05) is 0 Å². The molecular weight excluding hydrogens is 116 g/mol. The van der Waals surface area contributed by atoms with Crippen molar-refractivity contribution in [2.24, 2.45) is 0 Å². The molecule has 0 saturated carbocycles. The molecule has 1 heterocycles. The predicted molar refractivity (Wildman–Crippen MR) is 37.8 cm³/mol. The summed E-state index contributed by atoms with van der Waals surface area (Å²) in [7, 11) is 0.0386. The lowest BCUT2D eigenvalue weighted by Gasteiger charge is -2.49. The second-order valence-corrected chi connectivity index (χ2v) is 7.56. The molecule has 8 heavy (non-hydrogen) atoms. The quantitative estimate of drug-likeness (QED) is 0.438. The first-order valence-electron chi connectivity index (χ1n) is 3.12. The van der Waals surface area contributed by atoms with Crippen LogP contribution in [0.25, 0.3) is 0 Å². The molecule has 48 valence electrons. The number of hydrogen-bond acceptors (Lipinski definition) is 1. The minimum Gasteiger partial charge on any atom is -0.378 e. The van der Waals surface area contributed by atoms with Crippen LogP contribution < -0.4 is 0 Å². The molecule has 0 bridgehead atoms. The maximum absolute atomic E-state index is 5.58. The maximum atomic E-state index is 5.58. The van der Waals surface area contributed by atoms with E-state index in [2.05, 4.69) is 27.7 Å². The van der Waals surface area contributed by atoms with Crippen molar-refractivity contribution in [3.63, 3.8) is 0 Å². The van der Waals surface area contributed by atoms with E-state index in [0.29, 0.717) is 10.4 Å². The second-order valence-electron chi connectivity index (χ2n) is 3.80. The SMILES string of the molecule is CC1(C)OC(C)(C)[SiH2]1. The lowest BCUT2D eigenvalue weighted by atomic mass is 10.3. The molecule has 0 aromatic heterocycles. The van der Waals surface area contributed by atoms with E-state index in [9.17, 15) is 0 Å². The summed E-state index contributed by atoms with van der Waals surface area (Å²) in [5, 5.41) is 0.590. The number of rotatable bonds is 0. The molecule has 0 atom stereocenters. The van der Waals surface area contributed by atoms with E-state index in [-0.39, 0.29) is 9.52 Å². The summed E-state index contributed by atoms with van der Waals surface area (Å²) in [6.07, 6.45) is 0. The molecule has 0 unspecified atom stereocenters. The Labute approximate surface area is 53.2 Å². The molecule has 1 saturated heterocycles. The summed E-state index contributed by atoms with van der Waals surface area (Å²) < 4.78 is 5.58. The first kappa shape index (κ1) is 6.30. The Kier molecular flexibility index (Phi) is 1.07. The van der Waals surface area contributed by atoms with Crippen molar-refractivity contribution in [3.8, 4) is 0 Å². The van der Waals surface area contributed by atoms with Crippen molar-refractivity contribution >= 4 is 9.52 Å². The largest absolute Gasteiger partial charge is 0.378 e. The second kappa shape index (κ2) is 1.36. The average molecular weight is 130 g/mol. The van der Waals surface area contributed by atoms with Crippen LogP contribution in [0.1, 0.15) is 27.7 Å². The summed E-state index contributed by atoms with van der Waals surface area (Å²) in [6, 6.07) is 0. The van der Waals surface area contributed by atoms with Crippen LogP contribution in [0.15, 0.2) is 0 Å². The third-order valence-electron chi connectivity index (χ3n) is 1.40. The molecule has 0 aliphatic carbocycles. The Morgan fingerprint density at radius 2 is 1.25 bits per heavy atom. The van der Waals surface area contributed by atoms with Gasteiger partial charge in [-0.05, 0) is 27.7 Å². The van der Waals surface area contributed by atoms with Gasteiger partial charge in [0.25, 0.3) is 0 Å². The third-order valence-corrected chi connectivity index (χ3v) is 3.40. The zero-order valence-corrected chi connectivity index (χ0v) is 7.53. The molecule has 0 spiro atoms. The molecule has 0 aromatic rings. The van der Waals surface area contributed by atoms with Gasteiger partial charge in [-0.1, -0.05) is 0 Å². The van der Waals surface area contributed by atoms with E-state index >= 15 is 0 Å². The molecule has 1 nitrogen and oxygen atoms in total. The van der Waals surface area contributed by atoms with Crippen LogP contribution in [0.5, 0.6) is 0 Å². The summed E-state index contributed by atoms with van der Waals surface area (Å²) in [4.78, 5) is 0. The average Bonchev–Trinajstić information content (AvgIpc) is 1.20. The van der Waals surface area contributed by atoms with Crippen LogP contribution in [0, 0.1) is 0 Å². The Hall–Kier alpha value is 0.177. The van der Waals surface area contributed by atoms with E-state index in [1.54, 1.807) is 0 Å². The van der Waals surface area contributed by atoms with Crippen molar-refractivity contribution in [1.29, 1.82) is 0 Å². The van der Waals surface area contributed by atoms with E-state index in [1.807, 2.05) is 0 Å². The first-order valence-corrected chi connectivity index (χ1v) is 4.53. The van der Waals surface area contributed by atoms with Gasteiger partial charge < -0.3 is 4.74 Å². The van der Waals surface area contributed by atoms with Crippen molar-refractivity contribution in [2.75, 3.05) is 0 Å². The lowest BCUT2D eigenvalue weighted by Crippen LogP contribution is -2.61. The molecular formula is C6H14OSi. The van der Waals surface area contributed by atoms with Gasteiger partial charge >= 0.3 is 0 Å². The van der Waals surface area contributed by atoms with Crippen LogP contribution in [-0.4, -0.2) is 20.0 Å². The molecule has 0 N–H and O–H groups in total. The van der Waals surface area contributed by atoms with Crippen molar-refractivity contribution in [1.82, 2.24) is 0 Å². The van der Waals surface area contributed by atoms with E-state index in [0.717, 1.165) is 0 Å². The Balaban J connectivity index is 2.42. The van der Waals surface area contributed by atoms with Crippen molar-refractivity contribution < 1.29 is 4.74 Å².